The van der Waals surface area contributed by atoms with Crippen LogP contribution in [0.2, 0.25) is 0 Å². The first-order valence-corrected chi connectivity index (χ1v) is 10.1. The largest absolute Gasteiger partial charge is 0.496 e. The minimum Gasteiger partial charge on any atom is -0.496 e. The zero-order chi connectivity index (χ0) is 19.4. The van der Waals surface area contributed by atoms with Crippen LogP contribution in [0.1, 0.15) is 16.7 Å². The molecule has 27 heavy (non-hydrogen) atoms. The van der Waals surface area contributed by atoms with Crippen molar-refractivity contribution >= 4 is 23.5 Å². The molecule has 3 rings (SSSR count). The molecule has 0 saturated carbocycles. The molecule has 0 fully saturated rings. The van der Waals surface area contributed by atoms with Crippen molar-refractivity contribution in [2.75, 3.05) is 7.11 Å². The second-order valence-corrected chi connectivity index (χ2v) is 7.90. The average molecular weight is 408 g/mol. The molecule has 0 N–H and O–H groups in total. The molecular weight excluding hydrogens is 388 g/mol. The van der Waals surface area contributed by atoms with Crippen LogP contribution in [-0.4, -0.2) is 27.6 Å². The molecule has 0 atom stereocenters. The van der Waals surface area contributed by atoms with Crippen molar-refractivity contribution in [2.45, 2.75) is 35.4 Å². The summed E-state index contributed by atoms with van der Waals surface area (Å²) in [4.78, 5) is 0.430. The lowest BCUT2D eigenvalue weighted by molar-refractivity contribution is 0.251. The summed E-state index contributed by atoms with van der Waals surface area (Å²) in [6.07, 6.45) is 1.70. The van der Waals surface area contributed by atoms with E-state index >= 15 is 0 Å². The van der Waals surface area contributed by atoms with E-state index < -0.39 is 5.76 Å². The van der Waals surface area contributed by atoms with Gasteiger partial charge in [-0.2, -0.15) is 8.78 Å². The Bertz CT molecular complexity index is 931. The third kappa shape index (κ3) is 4.81. The molecule has 4 nitrogen and oxygen atoms in total. The molecule has 0 amide bonds. The second-order valence-electron chi connectivity index (χ2n) is 5.93. The van der Waals surface area contributed by atoms with Crippen LogP contribution in [0.4, 0.5) is 8.78 Å². The Balaban J connectivity index is 1.77. The van der Waals surface area contributed by atoms with Gasteiger partial charge in [0.05, 0.1) is 17.7 Å². The van der Waals surface area contributed by atoms with Gasteiger partial charge in [0, 0.05) is 5.75 Å². The Morgan fingerprint density at radius 3 is 2.67 bits per heavy atom. The third-order valence-corrected chi connectivity index (χ3v) is 5.72. The zero-order valence-electron chi connectivity index (χ0n) is 15.1. The second kappa shape index (κ2) is 8.75. The van der Waals surface area contributed by atoms with Crippen LogP contribution in [0.3, 0.4) is 0 Å². The summed E-state index contributed by atoms with van der Waals surface area (Å²) in [5.74, 6) is -1.40. The van der Waals surface area contributed by atoms with Crippen molar-refractivity contribution in [3.8, 4) is 11.4 Å². The van der Waals surface area contributed by atoms with E-state index in [1.807, 2.05) is 10.6 Å². The van der Waals surface area contributed by atoms with Crippen LogP contribution in [0.5, 0.6) is 5.75 Å². The number of methoxy groups -OCH3 is 1. The number of benzene rings is 2. The van der Waals surface area contributed by atoms with Crippen molar-refractivity contribution in [3.05, 3.63) is 59.4 Å². The van der Waals surface area contributed by atoms with Gasteiger partial charge in [-0.3, -0.25) is 4.57 Å². The summed E-state index contributed by atoms with van der Waals surface area (Å²) in [5, 5.41) is 9.02. The topological polar surface area (TPSA) is 39.9 Å². The molecule has 0 unspecified atom stereocenters. The van der Waals surface area contributed by atoms with Crippen molar-refractivity contribution in [1.29, 1.82) is 0 Å². The third-order valence-electron chi connectivity index (χ3n) is 3.94. The van der Waals surface area contributed by atoms with E-state index in [4.69, 9.17) is 4.74 Å². The number of ether oxygens (including phenoxy) is 1. The average Bonchev–Trinajstić information content (AvgIpc) is 3.08. The van der Waals surface area contributed by atoms with Crippen LogP contribution >= 0.6 is 23.5 Å². The number of aryl methyl sites for hydroxylation is 2. The highest BCUT2D eigenvalue weighted by Crippen LogP contribution is 2.35. The molecule has 2 aromatic carbocycles. The summed E-state index contributed by atoms with van der Waals surface area (Å²) in [5.41, 5.74) is 4.35. The van der Waals surface area contributed by atoms with E-state index in [0.29, 0.717) is 28.2 Å². The lowest BCUT2D eigenvalue weighted by Crippen LogP contribution is -1.98. The van der Waals surface area contributed by atoms with Crippen molar-refractivity contribution in [1.82, 2.24) is 14.8 Å². The van der Waals surface area contributed by atoms with E-state index in [9.17, 15) is 8.78 Å². The first-order valence-electron chi connectivity index (χ1n) is 8.20. The molecule has 0 bridgehead atoms. The summed E-state index contributed by atoms with van der Waals surface area (Å²) in [6.45, 7) is 4.11. The van der Waals surface area contributed by atoms with Crippen LogP contribution in [0.15, 0.2) is 52.8 Å². The number of halogens is 2. The maximum atomic E-state index is 12.6. The Morgan fingerprint density at radius 1 is 1.15 bits per heavy atom. The lowest BCUT2D eigenvalue weighted by atomic mass is 10.1. The predicted octanol–water partition coefficient (Wildman–Crippen LogP) is 5.50. The molecule has 0 aliphatic rings. The molecule has 3 aromatic rings. The number of alkyl halides is 2. The van der Waals surface area contributed by atoms with Crippen molar-refractivity contribution < 1.29 is 13.5 Å². The van der Waals surface area contributed by atoms with Gasteiger partial charge in [-0.05, 0) is 43.2 Å². The number of rotatable bonds is 7. The van der Waals surface area contributed by atoms with Gasteiger partial charge in [-0.1, -0.05) is 47.3 Å². The maximum absolute atomic E-state index is 12.6. The van der Waals surface area contributed by atoms with Crippen molar-refractivity contribution in [2.24, 2.45) is 0 Å². The Kier molecular flexibility index (Phi) is 6.38. The van der Waals surface area contributed by atoms with Gasteiger partial charge in [0.2, 0.25) is 0 Å². The monoisotopic (exact) mass is 407 g/mol. The van der Waals surface area contributed by atoms with Crippen LogP contribution < -0.4 is 4.74 Å². The summed E-state index contributed by atoms with van der Waals surface area (Å²) in [7, 11) is 1.48. The molecule has 0 aliphatic carbocycles. The molecular formula is C19H19F2N3OS2. The minimum absolute atomic E-state index is 0.430. The van der Waals surface area contributed by atoms with Gasteiger partial charge in [0.1, 0.15) is 12.1 Å². The van der Waals surface area contributed by atoms with E-state index in [0.717, 1.165) is 22.0 Å². The first-order chi connectivity index (χ1) is 13.0. The van der Waals surface area contributed by atoms with E-state index in [1.54, 1.807) is 18.5 Å². The normalized spacial score (nSPS) is 11.2. The Labute approximate surface area is 165 Å². The SMILES string of the molecule is COc1cc(CSc2nncn2-c2ccc(C)cc2C)ccc1SC(F)F. The molecule has 0 spiro atoms. The molecule has 142 valence electrons. The zero-order valence-corrected chi connectivity index (χ0v) is 16.8. The fourth-order valence-electron chi connectivity index (χ4n) is 2.71. The van der Waals surface area contributed by atoms with Gasteiger partial charge >= 0.3 is 0 Å². The smallest absolute Gasteiger partial charge is 0.289 e. The number of aromatic nitrogens is 3. The fraction of sp³-hybridized carbons (Fsp3) is 0.263. The Hall–Kier alpha value is -2.06. The highest BCUT2D eigenvalue weighted by Gasteiger charge is 2.13. The number of nitrogens with zero attached hydrogens (tertiary/aromatic N) is 3. The Morgan fingerprint density at radius 2 is 1.96 bits per heavy atom. The van der Waals surface area contributed by atoms with Crippen molar-refractivity contribution in [3.63, 3.8) is 0 Å². The first kappa shape index (κ1) is 19.7. The quantitative estimate of drug-likeness (QED) is 0.484. The van der Waals surface area contributed by atoms with Gasteiger partial charge in [-0.25, -0.2) is 0 Å². The standard InChI is InChI=1S/C19H19F2N3OS2/c1-12-4-6-15(13(2)8-12)24-11-22-23-19(24)26-10-14-5-7-17(27-18(20)21)16(9-14)25-3/h4-9,11,18H,10H2,1-3H3. The van der Waals surface area contributed by atoms with Crippen LogP contribution in [-0.2, 0) is 5.75 Å². The van der Waals surface area contributed by atoms with Gasteiger partial charge in [0.25, 0.3) is 5.76 Å². The molecule has 0 radical (unpaired) electrons. The summed E-state index contributed by atoms with van der Waals surface area (Å²) in [6, 6.07) is 11.5. The number of hydrogen-bond acceptors (Lipinski definition) is 5. The van der Waals surface area contributed by atoms with E-state index in [2.05, 4.69) is 42.2 Å². The van der Waals surface area contributed by atoms with Gasteiger partial charge in [0.15, 0.2) is 5.16 Å². The molecule has 1 aromatic heterocycles. The fourth-order valence-corrected chi connectivity index (χ4v) is 4.17. The number of thioether (sulfide) groups is 2. The van der Waals surface area contributed by atoms with Crippen LogP contribution in [0, 0.1) is 13.8 Å². The highest BCUT2D eigenvalue weighted by atomic mass is 32.2. The molecule has 1 heterocycles. The molecule has 0 aliphatic heterocycles. The molecule has 8 heteroatoms. The number of hydrogen-bond donors (Lipinski definition) is 0. The molecule has 0 saturated heterocycles. The van der Waals surface area contributed by atoms with Crippen LogP contribution in [0.25, 0.3) is 5.69 Å². The lowest BCUT2D eigenvalue weighted by Gasteiger charge is -2.11. The minimum atomic E-state index is -2.48. The predicted molar refractivity (Wildman–Crippen MR) is 105 cm³/mol. The van der Waals surface area contributed by atoms with Gasteiger partial charge in [-0.15, -0.1) is 10.2 Å². The van der Waals surface area contributed by atoms with E-state index in [-0.39, 0.29) is 0 Å². The highest BCUT2D eigenvalue weighted by molar-refractivity contribution is 7.99. The van der Waals surface area contributed by atoms with Gasteiger partial charge < -0.3 is 4.74 Å². The summed E-state index contributed by atoms with van der Waals surface area (Å²) < 4.78 is 32.4. The maximum Gasteiger partial charge on any atom is 0.289 e. The summed E-state index contributed by atoms with van der Waals surface area (Å²) >= 11 is 2.02. The van der Waals surface area contributed by atoms with E-state index in [1.165, 1.54) is 24.4 Å².